The van der Waals surface area contributed by atoms with Crippen molar-refractivity contribution in [3.63, 3.8) is 0 Å². The predicted octanol–water partition coefficient (Wildman–Crippen LogP) is 2.46. The zero-order valence-corrected chi connectivity index (χ0v) is 15.1. The van der Waals surface area contributed by atoms with Gasteiger partial charge in [-0.3, -0.25) is 4.79 Å². The summed E-state index contributed by atoms with van der Waals surface area (Å²) >= 11 is 1.33. The van der Waals surface area contributed by atoms with Crippen LogP contribution in [0, 0.1) is 5.82 Å². The Bertz CT molecular complexity index is 631. The zero-order chi connectivity index (χ0) is 18.1. The number of carbonyl (C=O) groups is 2. The number of esters is 1. The number of benzene rings is 1. The summed E-state index contributed by atoms with van der Waals surface area (Å²) in [7, 11) is 0. The van der Waals surface area contributed by atoms with Gasteiger partial charge in [-0.2, -0.15) is 0 Å². The van der Waals surface area contributed by atoms with E-state index < -0.39 is 40.8 Å². The Kier molecular flexibility index (Phi) is 5.55. The van der Waals surface area contributed by atoms with Crippen LogP contribution in [0.3, 0.4) is 0 Å². The van der Waals surface area contributed by atoms with Gasteiger partial charge in [-0.1, -0.05) is 18.2 Å². The molecule has 1 aliphatic heterocycles. The van der Waals surface area contributed by atoms with Crippen molar-refractivity contribution in [3.05, 3.63) is 35.6 Å². The Hall–Kier alpha value is -1.60. The zero-order valence-electron chi connectivity index (χ0n) is 14.3. The normalized spacial score (nSPS) is 22.3. The number of hydrogen-bond acceptors (Lipinski definition) is 5. The highest BCUT2D eigenvalue weighted by Gasteiger charge is 2.45. The second kappa shape index (κ2) is 7.11. The third kappa shape index (κ3) is 4.08. The first kappa shape index (κ1) is 18.7. The molecule has 2 rings (SSSR count). The van der Waals surface area contributed by atoms with Gasteiger partial charge in [0, 0.05) is 11.3 Å². The van der Waals surface area contributed by atoms with E-state index in [0.717, 1.165) is 0 Å². The molecule has 0 aliphatic carbocycles. The molecular weight excluding hydrogens is 331 g/mol. The van der Waals surface area contributed by atoms with Crippen LogP contribution in [0.4, 0.5) is 4.39 Å². The van der Waals surface area contributed by atoms with Crippen LogP contribution in [-0.2, 0) is 14.3 Å². The van der Waals surface area contributed by atoms with E-state index in [1.165, 1.54) is 22.7 Å². The molecule has 0 aromatic heterocycles. The maximum atomic E-state index is 14.2. The number of nitrogens with two attached hydrogens (primary N) is 1. The lowest BCUT2D eigenvalue weighted by molar-refractivity contribution is -0.163. The molecule has 24 heavy (non-hydrogen) atoms. The molecule has 1 aliphatic rings. The summed E-state index contributed by atoms with van der Waals surface area (Å²) in [5, 5.41) is -0.595. The molecule has 1 aromatic carbocycles. The summed E-state index contributed by atoms with van der Waals surface area (Å²) in [6.07, 6.45) is 0. The van der Waals surface area contributed by atoms with E-state index in [4.69, 9.17) is 10.5 Å². The fourth-order valence-corrected chi connectivity index (χ4v) is 3.92. The molecule has 5 nitrogen and oxygen atoms in total. The van der Waals surface area contributed by atoms with Crippen LogP contribution in [0.15, 0.2) is 24.3 Å². The first-order valence-electron chi connectivity index (χ1n) is 7.78. The first-order valence-corrected chi connectivity index (χ1v) is 8.83. The van der Waals surface area contributed by atoms with Gasteiger partial charge in [0.15, 0.2) is 0 Å². The smallest absolute Gasteiger partial charge is 0.330 e. The Labute approximate surface area is 145 Å². The molecule has 1 amide bonds. The third-order valence-corrected chi connectivity index (χ3v) is 4.80. The number of carbonyl (C=O) groups excluding carboxylic acids is 2. The predicted molar refractivity (Wildman–Crippen MR) is 91.7 cm³/mol. The van der Waals surface area contributed by atoms with Crippen molar-refractivity contribution in [2.75, 3.05) is 5.75 Å². The first-order chi connectivity index (χ1) is 11.1. The van der Waals surface area contributed by atoms with E-state index in [9.17, 15) is 14.0 Å². The number of thioether (sulfide) groups is 1. The highest BCUT2D eigenvalue weighted by Crippen LogP contribution is 2.43. The molecule has 1 heterocycles. The van der Waals surface area contributed by atoms with E-state index in [2.05, 4.69) is 0 Å². The number of rotatable bonds is 3. The summed E-state index contributed by atoms with van der Waals surface area (Å²) in [6.45, 7) is 6.84. The molecule has 2 N–H and O–H groups in total. The van der Waals surface area contributed by atoms with E-state index in [1.54, 1.807) is 45.9 Å². The van der Waals surface area contributed by atoms with Crippen molar-refractivity contribution in [2.45, 2.75) is 50.8 Å². The van der Waals surface area contributed by atoms with Crippen LogP contribution in [0.25, 0.3) is 0 Å². The quantitative estimate of drug-likeness (QED) is 0.844. The molecule has 7 heteroatoms. The highest BCUT2D eigenvalue weighted by molar-refractivity contribution is 7.99. The lowest BCUT2D eigenvalue weighted by atomic mass is 10.1. The van der Waals surface area contributed by atoms with Gasteiger partial charge < -0.3 is 15.4 Å². The minimum atomic E-state index is -0.789. The molecule has 0 radical (unpaired) electrons. The van der Waals surface area contributed by atoms with E-state index in [0.29, 0.717) is 11.3 Å². The van der Waals surface area contributed by atoms with E-state index in [1.807, 2.05) is 0 Å². The summed E-state index contributed by atoms with van der Waals surface area (Å²) in [5.74, 6) is -0.971. The summed E-state index contributed by atoms with van der Waals surface area (Å²) < 4.78 is 19.6. The van der Waals surface area contributed by atoms with E-state index in [-0.39, 0.29) is 0 Å². The molecule has 1 aromatic rings. The molecule has 0 unspecified atom stereocenters. The van der Waals surface area contributed by atoms with E-state index >= 15 is 0 Å². The molecule has 1 fully saturated rings. The van der Waals surface area contributed by atoms with Gasteiger partial charge in [0.05, 0.1) is 6.04 Å². The maximum absolute atomic E-state index is 14.2. The van der Waals surface area contributed by atoms with Crippen LogP contribution in [-0.4, -0.2) is 40.2 Å². The third-order valence-electron chi connectivity index (χ3n) is 3.49. The average molecular weight is 354 g/mol. The molecule has 0 bridgehead atoms. The number of nitrogens with zero attached hydrogens (tertiary/aromatic N) is 1. The van der Waals surface area contributed by atoms with Gasteiger partial charge in [0.25, 0.3) is 0 Å². The van der Waals surface area contributed by atoms with Crippen LogP contribution >= 0.6 is 11.8 Å². The van der Waals surface area contributed by atoms with Crippen LogP contribution < -0.4 is 5.73 Å². The number of halogens is 1. The standard InChI is InChI=1S/C17H23FN2O3S/c1-10(19)14(21)20-13(16(22)23-17(2,3)4)9-24-15(20)11-7-5-6-8-12(11)18/h5-8,10,13,15H,9,19H2,1-4H3/t10-,13+,15-/m1/s1. The van der Waals surface area contributed by atoms with Crippen molar-refractivity contribution in [1.29, 1.82) is 0 Å². The fraction of sp³-hybridized carbons (Fsp3) is 0.529. The van der Waals surface area contributed by atoms with Gasteiger partial charge in [-0.25, -0.2) is 9.18 Å². The molecule has 0 saturated carbocycles. The number of amides is 1. The highest BCUT2D eigenvalue weighted by atomic mass is 32.2. The second-order valence-corrected chi connectivity index (χ2v) is 7.90. The van der Waals surface area contributed by atoms with Crippen molar-refractivity contribution >= 4 is 23.6 Å². The largest absolute Gasteiger partial charge is 0.458 e. The minimum Gasteiger partial charge on any atom is -0.458 e. The monoisotopic (exact) mass is 354 g/mol. The molecule has 3 atom stereocenters. The lowest BCUT2D eigenvalue weighted by Crippen LogP contribution is -2.50. The van der Waals surface area contributed by atoms with Crippen molar-refractivity contribution in [1.82, 2.24) is 4.90 Å². The molecule has 0 spiro atoms. The van der Waals surface area contributed by atoms with Crippen molar-refractivity contribution < 1.29 is 18.7 Å². The van der Waals surface area contributed by atoms with Crippen LogP contribution in [0.5, 0.6) is 0 Å². The van der Waals surface area contributed by atoms with Crippen molar-refractivity contribution in [3.8, 4) is 0 Å². The summed E-state index contributed by atoms with van der Waals surface area (Å²) in [5.41, 5.74) is 5.44. The molecule has 1 saturated heterocycles. The van der Waals surface area contributed by atoms with Gasteiger partial charge in [-0.15, -0.1) is 11.8 Å². The number of ether oxygens (including phenoxy) is 1. The SMILES string of the molecule is C[C@@H](N)C(=O)N1[C@@H](c2ccccc2F)SC[C@H]1C(=O)OC(C)(C)C. The Balaban J connectivity index is 2.35. The van der Waals surface area contributed by atoms with Crippen molar-refractivity contribution in [2.24, 2.45) is 5.73 Å². The van der Waals surface area contributed by atoms with Crippen LogP contribution in [0.2, 0.25) is 0 Å². The number of hydrogen-bond donors (Lipinski definition) is 1. The lowest BCUT2D eigenvalue weighted by Gasteiger charge is -2.31. The summed E-state index contributed by atoms with van der Waals surface area (Å²) in [6, 6.07) is 4.67. The van der Waals surface area contributed by atoms with Crippen LogP contribution in [0.1, 0.15) is 38.6 Å². The average Bonchev–Trinajstić information content (AvgIpc) is 2.89. The molecule has 132 valence electrons. The Morgan fingerprint density at radius 3 is 2.54 bits per heavy atom. The fourth-order valence-electron chi connectivity index (χ4n) is 2.48. The Morgan fingerprint density at radius 2 is 2.00 bits per heavy atom. The second-order valence-electron chi connectivity index (χ2n) is 6.79. The van der Waals surface area contributed by atoms with Gasteiger partial charge in [-0.05, 0) is 33.8 Å². The van der Waals surface area contributed by atoms with Gasteiger partial charge >= 0.3 is 5.97 Å². The van der Waals surface area contributed by atoms with Gasteiger partial charge in [0.1, 0.15) is 22.8 Å². The summed E-state index contributed by atoms with van der Waals surface area (Å²) in [4.78, 5) is 26.4. The Morgan fingerprint density at radius 1 is 1.38 bits per heavy atom. The maximum Gasteiger partial charge on any atom is 0.330 e. The molecular formula is C17H23FN2O3S. The topological polar surface area (TPSA) is 72.6 Å². The van der Waals surface area contributed by atoms with Gasteiger partial charge in [0.2, 0.25) is 5.91 Å². The minimum absolute atomic E-state index is 0.340.